The highest BCUT2D eigenvalue weighted by atomic mass is 35.5. The molecule has 4 aromatic rings. The summed E-state index contributed by atoms with van der Waals surface area (Å²) in [7, 11) is 0. The molecule has 1 saturated carbocycles. The summed E-state index contributed by atoms with van der Waals surface area (Å²) in [6.45, 7) is 1.22. The molecule has 5 heterocycles. The van der Waals surface area contributed by atoms with Crippen LogP contribution in [0.5, 0.6) is 0 Å². The van der Waals surface area contributed by atoms with Crippen LogP contribution in [0.4, 0.5) is 11.5 Å². The minimum atomic E-state index is -0.592. The molecule has 0 aromatic carbocycles. The van der Waals surface area contributed by atoms with Crippen LogP contribution in [0.3, 0.4) is 0 Å². The SMILES string of the molecule is O=C(Nc1ccc(Cl)cn1)c1oc2ccc(-c3cccnc3)nc2c1NC(=O)[C@H]1CC[C@H](N2CCOCC2=O)CC1. The highest BCUT2D eigenvalue weighted by Crippen LogP contribution is 2.35. The Kier molecular flexibility index (Phi) is 7.62. The van der Waals surface area contributed by atoms with Crippen molar-refractivity contribution in [3.05, 3.63) is 65.8 Å². The van der Waals surface area contributed by atoms with Crippen LogP contribution in [-0.4, -0.2) is 63.4 Å². The highest BCUT2D eigenvalue weighted by Gasteiger charge is 2.34. The zero-order valence-electron chi connectivity index (χ0n) is 22.0. The summed E-state index contributed by atoms with van der Waals surface area (Å²) in [6, 6.07) is 10.4. The van der Waals surface area contributed by atoms with Crippen molar-refractivity contribution in [3.63, 3.8) is 0 Å². The number of nitrogens with one attached hydrogen (secondary N) is 2. The van der Waals surface area contributed by atoms with Crippen molar-refractivity contribution in [1.29, 1.82) is 0 Å². The highest BCUT2D eigenvalue weighted by molar-refractivity contribution is 6.30. The van der Waals surface area contributed by atoms with Crippen LogP contribution < -0.4 is 10.6 Å². The maximum absolute atomic E-state index is 13.5. The van der Waals surface area contributed by atoms with Crippen molar-refractivity contribution < 1.29 is 23.5 Å². The molecular formula is C29H27ClN6O5. The van der Waals surface area contributed by atoms with E-state index in [9.17, 15) is 14.4 Å². The lowest BCUT2D eigenvalue weighted by Crippen LogP contribution is -2.49. The summed E-state index contributed by atoms with van der Waals surface area (Å²) in [5.41, 5.74) is 2.27. The van der Waals surface area contributed by atoms with E-state index in [1.54, 1.807) is 42.7 Å². The van der Waals surface area contributed by atoms with E-state index in [0.29, 0.717) is 47.8 Å². The van der Waals surface area contributed by atoms with Crippen LogP contribution >= 0.6 is 11.6 Å². The van der Waals surface area contributed by atoms with Crippen LogP contribution in [0.25, 0.3) is 22.4 Å². The third-order valence-corrected chi connectivity index (χ3v) is 7.67. The number of aromatic nitrogens is 3. The predicted octanol–water partition coefficient (Wildman–Crippen LogP) is 4.55. The number of amides is 3. The molecule has 1 aliphatic heterocycles. The average Bonchev–Trinajstić information content (AvgIpc) is 3.36. The van der Waals surface area contributed by atoms with Gasteiger partial charge < -0.3 is 24.7 Å². The molecule has 2 fully saturated rings. The predicted molar refractivity (Wildman–Crippen MR) is 151 cm³/mol. The molecule has 0 radical (unpaired) electrons. The molecular weight excluding hydrogens is 548 g/mol. The van der Waals surface area contributed by atoms with E-state index in [4.69, 9.17) is 25.7 Å². The number of hydrogen-bond donors (Lipinski definition) is 2. The Morgan fingerprint density at radius 2 is 1.88 bits per heavy atom. The van der Waals surface area contributed by atoms with Crippen LogP contribution in [0, 0.1) is 5.92 Å². The number of carbonyl (C=O) groups is 3. The van der Waals surface area contributed by atoms with E-state index >= 15 is 0 Å². The fourth-order valence-corrected chi connectivity index (χ4v) is 5.45. The maximum Gasteiger partial charge on any atom is 0.294 e. The van der Waals surface area contributed by atoms with Crippen LogP contribution in [0.2, 0.25) is 5.02 Å². The number of pyridine rings is 3. The van der Waals surface area contributed by atoms with Crippen molar-refractivity contribution >= 4 is 51.9 Å². The lowest BCUT2D eigenvalue weighted by atomic mass is 9.84. The number of fused-ring (bicyclic) bond motifs is 1. The van der Waals surface area contributed by atoms with E-state index in [0.717, 1.165) is 18.4 Å². The molecule has 0 bridgehead atoms. The minimum absolute atomic E-state index is 0.00431. The number of anilines is 2. The first-order chi connectivity index (χ1) is 20.0. The van der Waals surface area contributed by atoms with Crippen molar-refractivity contribution in [2.45, 2.75) is 31.7 Å². The number of ether oxygens (including phenoxy) is 1. The molecule has 2 N–H and O–H groups in total. The first-order valence-electron chi connectivity index (χ1n) is 13.4. The van der Waals surface area contributed by atoms with Gasteiger partial charge in [0, 0.05) is 42.7 Å². The van der Waals surface area contributed by atoms with Crippen LogP contribution in [0.1, 0.15) is 36.2 Å². The van der Waals surface area contributed by atoms with Gasteiger partial charge in [0.15, 0.2) is 5.58 Å². The fourth-order valence-electron chi connectivity index (χ4n) is 5.34. The van der Waals surface area contributed by atoms with E-state index < -0.39 is 5.91 Å². The van der Waals surface area contributed by atoms with Gasteiger partial charge in [-0.1, -0.05) is 11.6 Å². The molecule has 4 aromatic heterocycles. The summed E-state index contributed by atoms with van der Waals surface area (Å²) in [6.07, 6.45) is 7.43. The Morgan fingerprint density at radius 1 is 1.02 bits per heavy atom. The monoisotopic (exact) mass is 574 g/mol. The maximum atomic E-state index is 13.5. The fraction of sp³-hybridized carbons (Fsp3) is 0.310. The van der Waals surface area contributed by atoms with Gasteiger partial charge in [0.25, 0.3) is 5.91 Å². The van der Waals surface area contributed by atoms with Gasteiger partial charge in [-0.15, -0.1) is 0 Å². The average molecular weight is 575 g/mol. The third kappa shape index (κ3) is 5.77. The molecule has 12 heteroatoms. The molecule has 0 spiro atoms. The normalized spacial score (nSPS) is 19.2. The molecule has 41 heavy (non-hydrogen) atoms. The Balaban J connectivity index is 1.26. The number of hydrogen-bond acceptors (Lipinski definition) is 8. The quantitative estimate of drug-likeness (QED) is 0.342. The van der Waals surface area contributed by atoms with Crippen molar-refractivity contribution in [2.75, 3.05) is 30.4 Å². The lowest BCUT2D eigenvalue weighted by Gasteiger charge is -2.38. The zero-order valence-corrected chi connectivity index (χ0v) is 22.8. The Bertz CT molecular complexity index is 1580. The second-order valence-corrected chi connectivity index (χ2v) is 10.5. The van der Waals surface area contributed by atoms with Crippen molar-refractivity contribution in [2.24, 2.45) is 5.92 Å². The van der Waals surface area contributed by atoms with Gasteiger partial charge in [-0.2, -0.15) is 0 Å². The second kappa shape index (κ2) is 11.6. The number of nitrogens with zero attached hydrogens (tertiary/aromatic N) is 4. The van der Waals surface area contributed by atoms with Crippen LogP contribution in [0.15, 0.2) is 59.4 Å². The van der Waals surface area contributed by atoms with E-state index in [2.05, 4.69) is 20.6 Å². The van der Waals surface area contributed by atoms with E-state index in [1.165, 1.54) is 6.20 Å². The molecule has 210 valence electrons. The molecule has 1 saturated heterocycles. The first-order valence-corrected chi connectivity index (χ1v) is 13.8. The minimum Gasteiger partial charge on any atom is -0.447 e. The van der Waals surface area contributed by atoms with Gasteiger partial charge >= 0.3 is 0 Å². The number of morpholine rings is 1. The number of halogens is 1. The van der Waals surface area contributed by atoms with Crippen molar-refractivity contribution in [3.8, 4) is 11.3 Å². The second-order valence-electron chi connectivity index (χ2n) is 10.0. The summed E-state index contributed by atoms with van der Waals surface area (Å²) >= 11 is 5.92. The summed E-state index contributed by atoms with van der Waals surface area (Å²) in [4.78, 5) is 54.0. The topological polar surface area (TPSA) is 140 Å². The molecule has 2 aliphatic rings. The molecule has 1 aliphatic carbocycles. The Labute approximate surface area is 240 Å². The summed E-state index contributed by atoms with van der Waals surface area (Å²) in [5.74, 6) is -0.930. The van der Waals surface area contributed by atoms with Gasteiger partial charge in [0.05, 0.1) is 17.3 Å². The largest absolute Gasteiger partial charge is 0.447 e. The van der Waals surface area contributed by atoms with E-state index in [-0.39, 0.29) is 47.6 Å². The van der Waals surface area contributed by atoms with Gasteiger partial charge in [-0.25, -0.2) is 9.97 Å². The number of rotatable bonds is 6. The lowest BCUT2D eigenvalue weighted by molar-refractivity contribution is -0.146. The molecule has 0 unspecified atom stereocenters. The van der Waals surface area contributed by atoms with Gasteiger partial charge in [0.2, 0.25) is 17.6 Å². The Hall–Kier alpha value is -4.35. The summed E-state index contributed by atoms with van der Waals surface area (Å²) in [5, 5.41) is 6.07. The van der Waals surface area contributed by atoms with E-state index in [1.807, 2.05) is 11.0 Å². The van der Waals surface area contributed by atoms with Crippen molar-refractivity contribution in [1.82, 2.24) is 19.9 Å². The molecule has 11 nitrogen and oxygen atoms in total. The van der Waals surface area contributed by atoms with Crippen LogP contribution in [-0.2, 0) is 14.3 Å². The Morgan fingerprint density at radius 3 is 2.61 bits per heavy atom. The number of furan rings is 1. The van der Waals surface area contributed by atoms with Gasteiger partial charge in [0.1, 0.15) is 23.6 Å². The zero-order chi connectivity index (χ0) is 28.3. The van der Waals surface area contributed by atoms with Gasteiger partial charge in [-0.05, 0) is 62.1 Å². The molecule has 3 amide bonds. The molecule has 0 atom stereocenters. The summed E-state index contributed by atoms with van der Waals surface area (Å²) < 4.78 is 11.2. The number of carbonyl (C=O) groups excluding carboxylic acids is 3. The smallest absolute Gasteiger partial charge is 0.294 e. The first kappa shape index (κ1) is 26.9. The molecule has 6 rings (SSSR count). The van der Waals surface area contributed by atoms with Gasteiger partial charge in [-0.3, -0.25) is 19.4 Å². The standard InChI is InChI=1S/C29H27ClN6O5/c30-19-5-10-23(32-15-19)34-29(39)27-26(25-22(41-27)9-8-21(33-25)18-2-1-11-31-14-18)35-28(38)17-3-6-20(7-4-17)36-12-13-40-16-24(36)37/h1-2,5,8-11,14-15,17,20H,3-4,6-7,12-13,16H2,(H,35,38)(H,32,34,39)/t17-,20-. The third-order valence-electron chi connectivity index (χ3n) is 7.45.